The zero-order valence-electron chi connectivity index (χ0n) is 13.9. The van der Waals surface area contributed by atoms with E-state index in [2.05, 4.69) is 29.5 Å². The Hall–Kier alpha value is -2.54. The van der Waals surface area contributed by atoms with Gasteiger partial charge in [-0.2, -0.15) is 0 Å². The Balaban J connectivity index is 1.99. The highest BCUT2D eigenvalue weighted by Crippen LogP contribution is 2.34. The SMILES string of the molecule is CC(=O)NCCNc1nc(-c2cccnc2)nc2sc(C)c(C)c12. The molecule has 6 nitrogen and oxygen atoms in total. The molecule has 3 aromatic rings. The largest absolute Gasteiger partial charge is 0.368 e. The van der Waals surface area contributed by atoms with Gasteiger partial charge in [0.15, 0.2) is 5.82 Å². The summed E-state index contributed by atoms with van der Waals surface area (Å²) in [5.74, 6) is 1.41. The first-order chi connectivity index (χ1) is 11.6. The van der Waals surface area contributed by atoms with Gasteiger partial charge in [-0.05, 0) is 31.5 Å². The van der Waals surface area contributed by atoms with Gasteiger partial charge in [0.1, 0.15) is 10.6 Å². The van der Waals surface area contributed by atoms with E-state index in [1.165, 1.54) is 17.4 Å². The first kappa shape index (κ1) is 16.3. The summed E-state index contributed by atoms with van der Waals surface area (Å²) in [5, 5.41) is 7.15. The third kappa shape index (κ3) is 3.35. The predicted octanol–water partition coefficient (Wildman–Crippen LogP) is 2.92. The van der Waals surface area contributed by atoms with Crippen LogP contribution in [0.2, 0.25) is 0 Å². The molecule has 0 aromatic carbocycles. The van der Waals surface area contributed by atoms with Crippen molar-refractivity contribution in [3.8, 4) is 11.4 Å². The third-order valence-electron chi connectivity index (χ3n) is 3.74. The van der Waals surface area contributed by atoms with E-state index >= 15 is 0 Å². The first-order valence-corrected chi connectivity index (χ1v) is 8.54. The Morgan fingerprint density at radius 1 is 1.25 bits per heavy atom. The van der Waals surface area contributed by atoms with E-state index in [4.69, 9.17) is 9.97 Å². The van der Waals surface area contributed by atoms with Crippen molar-refractivity contribution in [2.75, 3.05) is 18.4 Å². The highest BCUT2D eigenvalue weighted by Gasteiger charge is 2.15. The van der Waals surface area contributed by atoms with Gasteiger partial charge in [-0.15, -0.1) is 11.3 Å². The summed E-state index contributed by atoms with van der Waals surface area (Å²) < 4.78 is 0. The lowest BCUT2D eigenvalue weighted by Crippen LogP contribution is -2.26. The van der Waals surface area contributed by atoms with Crippen molar-refractivity contribution in [1.82, 2.24) is 20.3 Å². The van der Waals surface area contributed by atoms with Crippen LogP contribution >= 0.6 is 11.3 Å². The standard InChI is InChI=1S/C17H19N5OS/c1-10-11(2)24-17-14(10)16(20-8-7-19-12(3)23)21-15(22-17)13-5-4-6-18-9-13/h4-6,9H,7-8H2,1-3H3,(H,19,23)(H,20,21,22). The van der Waals surface area contributed by atoms with Crippen LogP contribution in [0.15, 0.2) is 24.5 Å². The highest BCUT2D eigenvalue weighted by molar-refractivity contribution is 7.18. The van der Waals surface area contributed by atoms with E-state index in [9.17, 15) is 4.79 Å². The molecule has 0 spiro atoms. The number of hydrogen-bond donors (Lipinski definition) is 2. The molecule has 3 rings (SSSR count). The minimum Gasteiger partial charge on any atom is -0.368 e. The molecule has 0 saturated carbocycles. The number of carbonyl (C=O) groups is 1. The number of nitrogens with zero attached hydrogens (tertiary/aromatic N) is 3. The number of hydrogen-bond acceptors (Lipinski definition) is 6. The van der Waals surface area contributed by atoms with Crippen LogP contribution in [0.3, 0.4) is 0 Å². The fourth-order valence-electron chi connectivity index (χ4n) is 2.42. The van der Waals surface area contributed by atoms with Crippen LogP contribution in [-0.4, -0.2) is 33.9 Å². The second-order valence-corrected chi connectivity index (χ2v) is 6.71. The van der Waals surface area contributed by atoms with Gasteiger partial charge in [0.05, 0.1) is 5.39 Å². The molecule has 2 N–H and O–H groups in total. The molecule has 0 unspecified atom stereocenters. The van der Waals surface area contributed by atoms with Gasteiger partial charge in [-0.3, -0.25) is 9.78 Å². The Morgan fingerprint density at radius 2 is 2.08 bits per heavy atom. The summed E-state index contributed by atoms with van der Waals surface area (Å²) in [6.45, 7) is 6.83. The van der Waals surface area contributed by atoms with E-state index in [1.54, 1.807) is 23.7 Å². The average Bonchev–Trinajstić information content (AvgIpc) is 2.86. The van der Waals surface area contributed by atoms with Crippen LogP contribution in [0.5, 0.6) is 0 Å². The maximum Gasteiger partial charge on any atom is 0.216 e. The van der Waals surface area contributed by atoms with Crippen LogP contribution in [0, 0.1) is 13.8 Å². The number of aryl methyl sites for hydroxylation is 2. The number of fused-ring (bicyclic) bond motifs is 1. The summed E-state index contributed by atoms with van der Waals surface area (Å²) >= 11 is 1.66. The van der Waals surface area contributed by atoms with Gasteiger partial charge in [0.25, 0.3) is 0 Å². The summed E-state index contributed by atoms with van der Waals surface area (Å²) in [6, 6.07) is 3.82. The summed E-state index contributed by atoms with van der Waals surface area (Å²) in [5.41, 5.74) is 2.07. The molecule has 0 bridgehead atoms. The Labute approximate surface area is 144 Å². The number of carbonyl (C=O) groups excluding carboxylic acids is 1. The molecule has 24 heavy (non-hydrogen) atoms. The van der Waals surface area contributed by atoms with Crippen molar-refractivity contribution in [3.05, 3.63) is 35.0 Å². The van der Waals surface area contributed by atoms with Crippen molar-refractivity contribution < 1.29 is 4.79 Å². The van der Waals surface area contributed by atoms with Crippen LogP contribution in [0.4, 0.5) is 5.82 Å². The van der Waals surface area contributed by atoms with E-state index in [1.807, 2.05) is 12.1 Å². The third-order valence-corrected chi connectivity index (χ3v) is 4.84. The fourth-order valence-corrected chi connectivity index (χ4v) is 3.45. The monoisotopic (exact) mass is 341 g/mol. The molecule has 7 heteroatoms. The van der Waals surface area contributed by atoms with Crippen molar-refractivity contribution in [1.29, 1.82) is 0 Å². The lowest BCUT2D eigenvalue weighted by molar-refractivity contribution is -0.118. The number of anilines is 1. The van der Waals surface area contributed by atoms with Gasteiger partial charge >= 0.3 is 0 Å². The van der Waals surface area contributed by atoms with E-state index in [-0.39, 0.29) is 5.91 Å². The van der Waals surface area contributed by atoms with Gasteiger partial charge in [0.2, 0.25) is 5.91 Å². The fraction of sp³-hybridized carbons (Fsp3) is 0.294. The maximum atomic E-state index is 11.0. The van der Waals surface area contributed by atoms with Gasteiger partial charge in [0, 0.05) is 42.8 Å². The topological polar surface area (TPSA) is 79.8 Å². The van der Waals surface area contributed by atoms with Crippen molar-refractivity contribution >= 4 is 33.3 Å². The van der Waals surface area contributed by atoms with Crippen LogP contribution < -0.4 is 10.6 Å². The first-order valence-electron chi connectivity index (χ1n) is 7.72. The second-order valence-electron chi connectivity index (χ2n) is 5.51. The predicted molar refractivity (Wildman–Crippen MR) is 97.3 cm³/mol. The zero-order chi connectivity index (χ0) is 17.1. The number of aromatic nitrogens is 3. The Bertz CT molecular complexity index is 876. The molecule has 0 atom stereocenters. The molecule has 3 heterocycles. The molecule has 0 aliphatic rings. The van der Waals surface area contributed by atoms with Crippen LogP contribution in [0.25, 0.3) is 21.6 Å². The smallest absolute Gasteiger partial charge is 0.216 e. The minimum absolute atomic E-state index is 0.0387. The van der Waals surface area contributed by atoms with Crippen LogP contribution in [-0.2, 0) is 4.79 Å². The van der Waals surface area contributed by atoms with E-state index < -0.39 is 0 Å². The van der Waals surface area contributed by atoms with Gasteiger partial charge < -0.3 is 10.6 Å². The molecule has 0 aliphatic carbocycles. The molecule has 0 fully saturated rings. The molecule has 124 valence electrons. The molecule has 0 saturated heterocycles. The molecule has 0 radical (unpaired) electrons. The van der Waals surface area contributed by atoms with Crippen LogP contribution in [0.1, 0.15) is 17.4 Å². The van der Waals surface area contributed by atoms with Crippen molar-refractivity contribution in [3.63, 3.8) is 0 Å². The van der Waals surface area contributed by atoms with Gasteiger partial charge in [-0.1, -0.05) is 0 Å². The van der Waals surface area contributed by atoms with Crippen molar-refractivity contribution in [2.24, 2.45) is 0 Å². The Morgan fingerprint density at radius 3 is 2.79 bits per heavy atom. The number of rotatable bonds is 5. The van der Waals surface area contributed by atoms with Gasteiger partial charge in [-0.25, -0.2) is 9.97 Å². The number of amides is 1. The lowest BCUT2D eigenvalue weighted by atomic mass is 10.2. The molecular formula is C17H19N5OS. The maximum absolute atomic E-state index is 11.0. The Kier molecular flexibility index (Phi) is 4.71. The summed E-state index contributed by atoms with van der Waals surface area (Å²) in [6.07, 6.45) is 3.49. The van der Waals surface area contributed by atoms with E-state index in [0.717, 1.165) is 21.6 Å². The number of thiophene rings is 1. The molecular weight excluding hydrogens is 322 g/mol. The summed E-state index contributed by atoms with van der Waals surface area (Å²) in [4.78, 5) is 26.7. The van der Waals surface area contributed by atoms with E-state index in [0.29, 0.717) is 18.9 Å². The minimum atomic E-state index is -0.0387. The number of nitrogens with one attached hydrogen (secondary N) is 2. The molecule has 1 amide bonds. The molecule has 0 aliphatic heterocycles. The summed E-state index contributed by atoms with van der Waals surface area (Å²) in [7, 11) is 0. The second kappa shape index (κ2) is 6.92. The number of pyridine rings is 1. The quantitative estimate of drug-likeness (QED) is 0.698. The zero-order valence-corrected chi connectivity index (χ0v) is 14.7. The highest BCUT2D eigenvalue weighted by atomic mass is 32.1. The molecule has 3 aromatic heterocycles. The van der Waals surface area contributed by atoms with Crippen molar-refractivity contribution in [2.45, 2.75) is 20.8 Å². The normalized spacial score (nSPS) is 10.8. The lowest BCUT2D eigenvalue weighted by Gasteiger charge is -2.10. The average molecular weight is 341 g/mol.